The Morgan fingerprint density at radius 2 is 1.91 bits per heavy atom. The Labute approximate surface area is 191 Å². The zero-order valence-corrected chi connectivity index (χ0v) is 20.3. The first-order chi connectivity index (χ1) is 14.8. The average Bonchev–Trinajstić information content (AvgIpc) is 2.79. The van der Waals surface area contributed by atoms with E-state index in [0.717, 1.165) is 29.6 Å². The maximum absolute atomic E-state index is 13.1. The summed E-state index contributed by atoms with van der Waals surface area (Å²) in [6, 6.07) is 3.12. The van der Waals surface area contributed by atoms with Crippen LogP contribution in [0.3, 0.4) is 0 Å². The molecule has 0 spiro atoms. The predicted octanol–water partition coefficient (Wildman–Crippen LogP) is 5.29. The molecule has 1 aromatic rings. The number of aryl methyl sites for hydroxylation is 1. The van der Waals surface area contributed by atoms with Gasteiger partial charge in [-0.15, -0.1) is 0 Å². The zero-order valence-electron chi connectivity index (χ0n) is 20.3. The van der Waals surface area contributed by atoms with Crippen LogP contribution >= 0.6 is 0 Å². The van der Waals surface area contributed by atoms with E-state index in [9.17, 15) is 20.1 Å². The van der Waals surface area contributed by atoms with Crippen LogP contribution in [0.15, 0.2) is 34.9 Å². The van der Waals surface area contributed by atoms with E-state index in [4.69, 9.17) is 4.74 Å². The molecule has 2 atom stereocenters. The van der Waals surface area contributed by atoms with E-state index < -0.39 is 11.7 Å². The summed E-state index contributed by atoms with van der Waals surface area (Å²) in [6.45, 7) is 12.0. The van der Waals surface area contributed by atoms with Crippen molar-refractivity contribution in [2.45, 2.75) is 97.9 Å². The number of Topliss-reactive ketones (excluding diaryl/α,β-unsaturated/α-hetero) is 1. The van der Waals surface area contributed by atoms with Crippen molar-refractivity contribution in [3.63, 3.8) is 0 Å². The number of benzene rings is 1. The summed E-state index contributed by atoms with van der Waals surface area (Å²) in [5.74, 6) is 0.446. The topological polar surface area (TPSA) is 87.0 Å². The first-order valence-corrected chi connectivity index (χ1v) is 11.6. The lowest BCUT2D eigenvalue weighted by Gasteiger charge is -2.41. The number of aliphatic hydroxyl groups excluding tert-OH is 1. The van der Waals surface area contributed by atoms with Gasteiger partial charge in [-0.2, -0.15) is 0 Å². The molecule has 2 bridgehead atoms. The molecule has 0 radical (unpaired) electrons. The highest BCUT2D eigenvalue weighted by Crippen LogP contribution is 2.45. The zero-order chi connectivity index (χ0) is 23.8. The summed E-state index contributed by atoms with van der Waals surface area (Å²) in [7, 11) is 0. The summed E-state index contributed by atoms with van der Waals surface area (Å²) < 4.78 is 6.55. The van der Waals surface area contributed by atoms with Crippen molar-refractivity contribution in [2.75, 3.05) is 0 Å². The molecule has 1 heterocycles. The van der Waals surface area contributed by atoms with Crippen LogP contribution < -0.4 is 0 Å². The standard InChI is InChI=1S/C27H38O5/c1-16(9-10-18-14-19(28)13-17(2)24(18)31)12-21-20-15-23(30)27(5,6)32-25(21)26(3,4)11-7-8-22(20)29/h9,13-14,23,25,28,30-31H,7-8,10-12,15H2,1-6H3/b16-9+/t23-,25?/m0/s1. The Hall–Kier alpha value is -2.11. The van der Waals surface area contributed by atoms with Gasteiger partial charge >= 0.3 is 0 Å². The minimum atomic E-state index is -0.748. The number of hydrogen-bond acceptors (Lipinski definition) is 5. The molecular weight excluding hydrogens is 404 g/mol. The Morgan fingerprint density at radius 3 is 2.59 bits per heavy atom. The average molecular weight is 443 g/mol. The van der Waals surface area contributed by atoms with Crippen molar-refractivity contribution >= 4 is 5.78 Å². The van der Waals surface area contributed by atoms with Gasteiger partial charge in [-0.3, -0.25) is 4.79 Å². The summed E-state index contributed by atoms with van der Waals surface area (Å²) in [5.41, 5.74) is 3.16. The molecule has 5 nitrogen and oxygen atoms in total. The second-order valence-electron chi connectivity index (χ2n) is 10.8. The maximum atomic E-state index is 13.1. The molecule has 32 heavy (non-hydrogen) atoms. The van der Waals surface area contributed by atoms with Gasteiger partial charge in [0, 0.05) is 18.4 Å². The third-order valence-corrected chi connectivity index (χ3v) is 7.10. The number of allylic oxidation sites excluding steroid dienone is 2. The highest BCUT2D eigenvalue weighted by atomic mass is 16.5. The Balaban J connectivity index is 1.98. The highest BCUT2D eigenvalue weighted by Gasteiger charge is 2.45. The summed E-state index contributed by atoms with van der Waals surface area (Å²) >= 11 is 0. The highest BCUT2D eigenvalue weighted by molar-refractivity contribution is 5.96. The third kappa shape index (κ3) is 5.10. The number of carbonyl (C=O) groups is 1. The first-order valence-electron chi connectivity index (χ1n) is 11.6. The quantitative estimate of drug-likeness (QED) is 0.436. The lowest BCUT2D eigenvalue weighted by molar-refractivity contribution is -0.148. The minimum Gasteiger partial charge on any atom is -0.508 e. The molecule has 0 fully saturated rings. The van der Waals surface area contributed by atoms with E-state index in [0.29, 0.717) is 36.8 Å². The summed E-state index contributed by atoms with van der Waals surface area (Å²) in [6.07, 6.45) is 4.61. The number of aliphatic hydroxyl groups is 1. The fourth-order valence-corrected chi connectivity index (χ4v) is 4.94. The van der Waals surface area contributed by atoms with Gasteiger partial charge in [-0.05, 0) is 87.6 Å². The van der Waals surface area contributed by atoms with Gasteiger partial charge in [0.2, 0.25) is 0 Å². The molecule has 2 aliphatic rings. The molecule has 1 aliphatic carbocycles. The van der Waals surface area contributed by atoms with Crippen LogP contribution in [0.25, 0.3) is 0 Å². The fourth-order valence-electron chi connectivity index (χ4n) is 4.94. The Morgan fingerprint density at radius 1 is 1.22 bits per heavy atom. The van der Waals surface area contributed by atoms with Gasteiger partial charge in [-0.25, -0.2) is 0 Å². The lowest BCUT2D eigenvalue weighted by atomic mass is 9.72. The Kier molecular flexibility index (Phi) is 6.92. The van der Waals surface area contributed by atoms with Crippen molar-refractivity contribution in [3.8, 4) is 11.5 Å². The number of phenols is 2. The number of fused-ring (bicyclic) bond motifs is 1. The maximum Gasteiger partial charge on any atom is 0.159 e. The molecule has 3 N–H and O–H groups in total. The van der Waals surface area contributed by atoms with E-state index in [1.54, 1.807) is 19.1 Å². The molecule has 1 aliphatic heterocycles. The van der Waals surface area contributed by atoms with E-state index >= 15 is 0 Å². The summed E-state index contributed by atoms with van der Waals surface area (Å²) in [5, 5.41) is 31.1. The fraction of sp³-hybridized carbons (Fsp3) is 0.593. The van der Waals surface area contributed by atoms with Crippen molar-refractivity contribution in [3.05, 3.63) is 46.1 Å². The van der Waals surface area contributed by atoms with Crippen LogP contribution in [0.2, 0.25) is 0 Å². The molecular formula is C27H38O5. The van der Waals surface area contributed by atoms with E-state index in [1.807, 2.05) is 26.8 Å². The monoisotopic (exact) mass is 442 g/mol. The van der Waals surface area contributed by atoms with Crippen molar-refractivity contribution < 1.29 is 24.9 Å². The van der Waals surface area contributed by atoms with Crippen LogP contribution in [0.5, 0.6) is 11.5 Å². The molecule has 1 aromatic carbocycles. The Bertz CT molecular complexity index is 951. The smallest absolute Gasteiger partial charge is 0.159 e. The lowest BCUT2D eigenvalue weighted by Crippen LogP contribution is -2.45. The minimum absolute atomic E-state index is 0.120. The van der Waals surface area contributed by atoms with Gasteiger partial charge < -0.3 is 20.1 Å². The molecule has 3 rings (SSSR count). The predicted molar refractivity (Wildman–Crippen MR) is 126 cm³/mol. The van der Waals surface area contributed by atoms with E-state index in [-0.39, 0.29) is 28.8 Å². The van der Waals surface area contributed by atoms with Crippen molar-refractivity contribution in [2.24, 2.45) is 5.41 Å². The van der Waals surface area contributed by atoms with Crippen LogP contribution in [-0.2, 0) is 16.0 Å². The molecule has 0 aromatic heterocycles. The van der Waals surface area contributed by atoms with Crippen molar-refractivity contribution in [1.29, 1.82) is 0 Å². The molecule has 0 saturated heterocycles. The molecule has 176 valence electrons. The van der Waals surface area contributed by atoms with Gasteiger partial charge in [-0.1, -0.05) is 25.5 Å². The van der Waals surface area contributed by atoms with Gasteiger partial charge in [0.1, 0.15) is 11.5 Å². The summed E-state index contributed by atoms with van der Waals surface area (Å²) in [4.78, 5) is 13.1. The number of ether oxygens (including phenoxy) is 1. The second kappa shape index (κ2) is 9.03. The molecule has 1 unspecified atom stereocenters. The van der Waals surface area contributed by atoms with Crippen LogP contribution in [0.4, 0.5) is 0 Å². The number of ketones is 1. The number of carbonyl (C=O) groups excluding carboxylic acids is 1. The number of hydrogen-bond donors (Lipinski definition) is 3. The van der Waals surface area contributed by atoms with Crippen LogP contribution in [-0.4, -0.2) is 38.9 Å². The van der Waals surface area contributed by atoms with Crippen LogP contribution in [0, 0.1) is 12.3 Å². The SMILES string of the molecule is C/C(=C\Cc1cc(O)cc(C)c1O)CC1=C2C[C@H](O)C(C)(C)OC1C(C)(C)CCCC2=O. The second-order valence-corrected chi connectivity index (χ2v) is 10.8. The number of phenolic OH excluding ortho intramolecular Hbond substituents is 2. The third-order valence-electron chi connectivity index (χ3n) is 7.10. The van der Waals surface area contributed by atoms with Gasteiger partial charge in [0.15, 0.2) is 5.78 Å². The first kappa shape index (κ1) is 24.5. The molecule has 5 heteroatoms. The van der Waals surface area contributed by atoms with E-state index in [2.05, 4.69) is 13.8 Å². The van der Waals surface area contributed by atoms with Gasteiger partial charge in [0.05, 0.1) is 17.8 Å². The largest absolute Gasteiger partial charge is 0.508 e. The van der Waals surface area contributed by atoms with Crippen molar-refractivity contribution in [1.82, 2.24) is 0 Å². The van der Waals surface area contributed by atoms with Gasteiger partial charge in [0.25, 0.3) is 0 Å². The number of aromatic hydroxyl groups is 2. The molecule has 0 amide bonds. The van der Waals surface area contributed by atoms with Crippen LogP contribution in [0.1, 0.15) is 77.8 Å². The normalized spacial score (nSPS) is 25.8. The molecule has 0 saturated carbocycles. The van der Waals surface area contributed by atoms with E-state index in [1.165, 1.54) is 0 Å². The number of rotatable bonds is 4.